The van der Waals surface area contributed by atoms with E-state index >= 15 is 0 Å². The third kappa shape index (κ3) is 4.29. The Balaban J connectivity index is 2.00. The van der Waals surface area contributed by atoms with E-state index in [1.54, 1.807) is 6.92 Å². The number of rotatable bonds is 7. The highest BCUT2D eigenvalue weighted by molar-refractivity contribution is 7.89. The predicted octanol–water partition coefficient (Wildman–Crippen LogP) is 1.61. The summed E-state index contributed by atoms with van der Waals surface area (Å²) in [5.74, 6) is -1.81. The SMILES string of the molecule is Cc1ccc(S(=O)(=O)NC2CC(CCC(=O)O)C2)cc1C(=O)O. The van der Waals surface area contributed by atoms with Crippen molar-refractivity contribution in [3.8, 4) is 0 Å². The summed E-state index contributed by atoms with van der Waals surface area (Å²) in [4.78, 5) is 21.5. The number of hydrogen-bond donors (Lipinski definition) is 3. The Hall–Kier alpha value is -1.93. The van der Waals surface area contributed by atoms with Crippen molar-refractivity contribution >= 4 is 22.0 Å². The summed E-state index contributed by atoms with van der Waals surface area (Å²) in [5, 5.41) is 17.7. The first kappa shape index (κ1) is 17.4. The highest BCUT2D eigenvalue weighted by Gasteiger charge is 2.33. The number of carboxylic acid groups (broad SMARTS) is 2. The molecule has 2 rings (SSSR count). The quantitative estimate of drug-likeness (QED) is 0.693. The fourth-order valence-corrected chi connectivity index (χ4v) is 3.97. The molecule has 1 saturated carbocycles. The monoisotopic (exact) mass is 341 g/mol. The molecule has 0 bridgehead atoms. The molecular weight excluding hydrogens is 322 g/mol. The van der Waals surface area contributed by atoms with Crippen LogP contribution in [0.4, 0.5) is 0 Å². The van der Waals surface area contributed by atoms with Gasteiger partial charge in [0.2, 0.25) is 10.0 Å². The van der Waals surface area contributed by atoms with Gasteiger partial charge in [0.05, 0.1) is 10.5 Å². The molecule has 1 aromatic rings. The number of sulfonamides is 1. The molecule has 0 atom stereocenters. The van der Waals surface area contributed by atoms with Gasteiger partial charge >= 0.3 is 11.9 Å². The number of carboxylic acids is 2. The molecule has 0 radical (unpaired) electrons. The molecule has 1 aliphatic carbocycles. The number of benzene rings is 1. The fourth-order valence-electron chi connectivity index (χ4n) is 2.68. The Kier molecular flexibility index (Phi) is 5.06. The summed E-state index contributed by atoms with van der Waals surface area (Å²) in [6.07, 6.45) is 1.83. The van der Waals surface area contributed by atoms with Crippen LogP contribution in [0.5, 0.6) is 0 Å². The van der Waals surface area contributed by atoms with Gasteiger partial charge in [-0.2, -0.15) is 0 Å². The lowest BCUT2D eigenvalue weighted by Gasteiger charge is -2.35. The average Bonchev–Trinajstić information content (AvgIpc) is 2.40. The maximum Gasteiger partial charge on any atom is 0.335 e. The highest BCUT2D eigenvalue weighted by Crippen LogP contribution is 2.32. The lowest BCUT2D eigenvalue weighted by atomic mass is 9.78. The first-order chi connectivity index (χ1) is 10.7. The van der Waals surface area contributed by atoms with E-state index < -0.39 is 22.0 Å². The van der Waals surface area contributed by atoms with E-state index in [0.29, 0.717) is 24.8 Å². The first-order valence-electron chi connectivity index (χ1n) is 7.27. The smallest absolute Gasteiger partial charge is 0.335 e. The first-order valence-corrected chi connectivity index (χ1v) is 8.75. The summed E-state index contributed by atoms with van der Waals surface area (Å²) in [6, 6.07) is 3.77. The standard InChI is InChI=1S/C15H19NO6S/c1-9-2-4-12(8-13(9)15(19)20)23(21,22)16-11-6-10(7-11)3-5-14(17)18/h2,4,8,10-11,16H,3,5-7H2,1H3,(H,17,18)(H,19,20). The molecule has 126 valence electrons. The minimum absolute atomic E-state index is 0.0409. The lowest BCUT2D eigenvalue weighted by Crippen LogP contribution is -2.44. The van der Waals surface area contributed by atoms with Gasteiger partial charge in [-0.25, -0.2) is 17.9 Å². The number of aromatic carboxylic acids is 1. The molecule has 0 saturated heterocycles. The van der Waals surface area contributed by atoms with Gasteiger partial charge < -0.3 is 10.2 Å². The van der Waals surface area contributed by atoms with Crippen LogP contribution in [0.1, 0.15) is 41.6 Å². The number of hydrogen-bond acceptors (Lipinski definition) is 4. The van der Waals surface area contributed by atoms with Crippen LogP contribution < -0.4 is 4.72 Å². The van der Waals surface area contributed by atoms with Gasteiger partial charge in [-0.1, -0.05) is 6.07 Å². The van der Waals surface area contributed by atoms with Crippen molar-refractivity contribution < 1.29 is 28.2 Å². The van der Waals surface area contributed by atoms with Crippen LogP contribution in [0.2, 0.25) is 0 Å². The van der Waals surface area contributed by atoms with Crippen LogP contribution in [0.25, 0.3) is 0 Å². The van der Waals surface area contributed by atoms with Crippen LogP contribution in [0.15, 0.2) is 23.1 Å². The summed E-state index contributed by atoms with van der Waals surface area (Å²) in [5.41, 5.74) is 0.453. The molecule has 1 aliphatic rings. The average molecular weight is 341 g/mol. The molecule has 0 heterocycles. The molecule has 0 spiro atoms. The van der Waals surface area contributed by atoms with Crippen LogP contribution in [0.3, 0.4) is 0 Å². The lowest BCUT2D eigenvalue weighted by molar-refractivity contribution is -0.137. The van der Waals surface area contributed by atoms with Crippen molar-refractivity contribution in [1.29, 1.82) is 0 Å². The van der Waals surface area contributed by atoms with Crippen LogP contribution in [0, 0.1) is 12.8 Å². The third-order valence-electron chi connectivity index (χ3n) is 4.07. The summed E-state index contributed by atoms with van der Waals surface area (Å²) in [6.45, 7) is 1.60. The summed E-state index contributed by atoms with van der Waals surface area (Å²) in [7, 11) is -3.78. The van der Waals surface area contributed by atoms with Crippen molar-refractivity contribution in [2.75, 3.05) is 0 Å². The Morgan fingerprint density at radius 3 is 2.48 bits per heavy atom. The van der Waals surface area contributed by atoms with Crippen LogP contribution in [-0.2, 0) is 14.8 Å². The van der Waals surface area contributed by atoms with E-state index in [2.05, 4.69) is 4.72 Å². The Labute approximate surface area is 134 Å². The van der Waals surface area contributed by atoms with Crippen molar-refractivity contribution in [1.82, 2.24) is 4.72 Å². The zero-order valence-corrected chi connectivity index (χ0v) is 13.5. The third-order valence-corrected chi connectivity index (χ3v) is 5.59. The maximum atomic E-state index is 12.3. The van der Waals surface area contributed by atoms with Crippen molar-refractivity contribution in [3.63, 3.8) is 0 Å². The van der Waals surface area contributed by atoms with E-state index in [1.165, 1.54) is 12.1 Å². The minimum atomic E-state index is -3.78. The zero-order chi connectivity index (χ0) is 17.2. The van der Waals surface area contributed by atoms with Crippen LogP contribution >= 0.6 is 0 Å². The van der Waals surface area contributed by atoms with E-state index in [0.717, 1.165) is 6.07 Å². The summed E-state index contributed by atoms with van der Waals surface area (Å²) < 4.78 is 27.1. The molecule has 3 N–H and O–H groups in total. The molecule has 0 unspecified atom stereocenters. The molecule has 0 aromatic heterocycles. The zero-order valence-electron chi connectivity index (χ0n) is 12.7. The Bertz CT molecular complexity index is 721. The van der Waals surface area contributed by atoms with Gasteiger partial charge in [-0.05, 0) is 49.8 Å². The topological polar surface area (TPSA) is 121 Å². The number of nitrogens with one attached hydrogen (secondary N) is 1. The molecular formula is C15H19NO6S. The normalized spacial score (nSPS) is 20.7. The van der Waals surface area contributed by atoms with Gasteiger partial charge in [0.25, 0.3) is 0 Å². The molecule has 0 amide bonds. The van der Waals surface area contributed by atoms with Crippen molar-refractivity contribution in [2.24, 2.45) is 5.92 Å². The van der Waals surface area contributed by atoms with Crippen LogP contribution in [-0.4, -0.2) is 36.6 Å². The Morgan fingerprint density at radius 1 is 1.26 bits per heavy atom. The molecule has 0 aliphatic heterocycles. The van der Waals surface area contributed by atoms with E-state index in [1.807, 2.05) is 0 Å². The van der Waals surface area contributed by atoms with Gasteiger partial charge in [0.1, 0.15) is 0 Å². The van der Waals surface area contributed by atoms with Crippen molar-refractivity contribution in [3.05, 3.63) is 29.3 Å². The number of aliphatic carboxylic acids is 1. The molecule has 8 heteroatoms. The molecule has 1 aromatic carbocycles. The number of aryl methyl sites for hydroxylation is 1. The second kappa shape index (κ2) is 6.67. The van der Waals surface area contributed by atoms with E-state index in [-0.39, 0.29) is 28.8 Å². The highest BCUT2D eigenvalue weighted by atomic mass is 32.2. The Morgan fingerprint density at radius 2 is 1.91 bits per heavy atom. The van der Waals surface area contributed by atoms with E-state index in [4.69, 9.17) is 10.2 Å². The van der Waals surface area contributed by atoms with Gasteiger partial charge in [-0.15, -0.1) is 0 Å². The van der Waals surface area contributed by atoms with Gasteiger partial charge in [0.15, 0.2) is 0 Å². The second-order valence-corrected chi connectivity index (χ2v) is 7.58. The molecule has 7 nitrogen and oxygen atoms in total. The minimum Gasteiger partial charge on any atom is -0.481 e. The molecule has 1 fully saturated rings. The second-order valence-electron chi connectivity index (χ2n) is 5.87. The van der Waals surface area contributed by atoms with E-state index in [9.17, 15) is 18.0 Å². The number of carbonyl (C=O) groups is 2. The van der Waals surface area contributed by atoms with Gasteiger partial charge in [0, 0.05) is 12.5 Å². The molecule has 23 heavy (non-hydrogen) atoms. The largest absolute Gasteiger partial charge is 0.481 e. The predicted molar refractivity (Wildman–Crippen MR) is 81.8 cm³/mol. The van der Waals surface area contributed by atoms with Gasteiger partial charge in [-0.3, -0.25) is 4.79 Å². The maximum absolute atomic E-state index is 12.3. The summed E-state index contributed by atoms with van der Waals surface area (Å²) >= 11 is 0. The van der Waals surface area contributed by atoms with Crippen molar-refractivity contribution in [2.45, 2.75) is 43.5 Å². The fraction of sp³-hybridized carbons (Fsp3) is 0.467.